The summed E-state index contributed by atoms with van der Waals surface area (Å²) in [5.41, 5.74) is -3.88. The van der Waals surface area contributed by atoms with Crippen LogP contribution in [0.4, 0.5) is 32.0 Å². The zero-order valence-corrected chi connectivity index (χ0v) is 18.9. The van der Waals surface area contributed by atoms with Crippen molar-refractivity contribution in [2.45, 2.75) is 12.4 Å². The molecule has 4 rings (SSSR count). The van der Waals surface area contributed by atoms with Crippen molar-refractivity contribution in [2.75, 3.05) is 0 Å². The second kappa shape index (κ2) is 9.32. The number of aromatic nitrogens is 1. The molecule has 0 saturated heterocycles. The number of aromatic carboxylic acids is 1. The summed E-state index contributed by atoms with van der Waals surface area (Å²) in [5.74, 6) is -1.40. The molecule has 4 aromatic rings. The molecule has 1 N–H and O–H groups in total. The van der Waals surface area contributed by atoms with E-state index in [1.165, 1.54) is 47.8 Å². The van der Waals surface area contributed by atoms with Gasteiger partial charge >= 0.3 is 18.3 Å². The molecule has 13 heteroatoms. The minimum atomic E-state index is -5.03. The van der Waals surface area contributed by atoms with E-state index in [2.05, 4.69) is 4.98 Å². The highest BCUT2D eigenvalue weighted by molar-refractivity contribution is 7.13. The first-order valence-electron chi connectivity index (χ1n) is 10.1. The summed E-state index contributed by atoms with van der Waals surface area (Å²) in [4.78, 5) is 26.8. The van der Waals surface area contributed by atoms with Gasteiger partial charge in [0.25, 0.3) is 5.69 Å². The number of halogens is 6. The molecular formula is C24H12F6N2O4S. The molecule has 0 aliphatic heterocycles. The summed E-state index contributed by atoms with van der Waals surface area (Å²) in [6.45, 7) is 0. The number of carbonyl (C=O) groups is 1. The van der Waals surface area contributed by atoms with Crippen molar-refractivity contribution in [3.8, 4) is 33.0 Å². The van der Waals surface area contributed by atoms with Crippen molar-refractivity contribution in [3.05, 3.63) is 92.8 Å². The summed E-state index contributed by atoms with van der Waals surface area (Å²) in [6, 6.07) is 10.6. The fourth-order valence-electron chi connectivity index (χ4n) is 3.59. The zero-order chi connectivity index (χ0) is 27.1. The van der Waals surface area contributed by atoms with E-state index in [4.69, 9.17) is 0 Å². The molecule has 1 heterocycles. The number of nitro benzene ring substituents is 1. The van der Waals surface area contributed by atoms with Crippen LogP contribution in [0.15, 0.2) is 66.0 Å². The highest BCUT2D eigenvalue weighted by Gasteiger charge is 2.37. The van der Waals surface area contributed by atoms with Crippen molar-refractivity contribution in [1.82, 2.24) is 4.98 Å². The first-order chi connectivity index (χ1) is 17.3. The topological polar surface area (TPSA) is 93.3 Å². The van der Waals surface area contributed by atoms with Crippen molar-refractivity contribution in [2.24, 2.45) is 0 Å². The van der Waals surface area contributed by atoms with Gasteiger partial charge in [0.1, 0.15) is 5.01 Å². The number of hydrogen-bond donors (Lipinski definition) is 1. The molecule has 37 heavy (non-hydrogen) atoms. The van der Waals surface area contributed by atoms with Crippen molar-refractivity contribution >= 4 is 23.0 Å². The van der Waals surface area contributed by atoms with Gasteiger partial charge in [-0.25, -0.2) is 9.78 Å². The maximum absolute atomic E-state index is 13.2. The predicted molar refractivity (Wildman–Crippen MR) is 122 cm³/mol. The molecule has 0 bridgehead atoms. The number of carboxylic acids is 1. The van der Waals surface area contributed by atoms with Gasteiger partial charge in [-0.15, -0.1) is 11.3 Å². The first-order valence-corrected chi connectivity index (χ1v) is 11.0. The van der Waals surface area contributed by atoms with Gasteiger partial charge in [-0.05, 0) is 30.3 Å². The fraction of sp³-hybridized carbons (Fsp3) is 0.0833. The van der Waals surface area contributed by atoms with Gasteiger partial charge in [-0.3, -0.25) is 10.1 Å². The third kappa shape index (κ3) is 5.31. The molecule has 0 radical (unpaired) electrons. The Morgan fingerprint density at radius 3 is 2.05 bits per heavy atom. The molecule has 0 fully saturated rings. The number of benzene rings is 3. The zero-order valence-electron chi connectivity index (χ0n) is 18.1. The van der Waals surface area contributed by atoms with Crippen LogP contribution in [-0.2, 0) is 12.4 Å². The lowest BCUT2D eigenvalue weighted by molar-refractivity contribution is -0.384. The molecular weight excluding hydrogens is 526 g/mol. The number of nitrogens with zero attached hydrogens (tertiary/aromatic N) is 2. The van der Waals surface area contributed by atoms with E-state index in [9.17, 15) is 46.4 Å². The Kier molecular flexibility index (Phi) is 6.50. The van der Waals surface area contributed by atoms with Crippen molar-refractivity contribution < 1.29 is 41.2 Å². The number of hydrogen-bond acceptors (Lipinski definition) is 5. The monoisotopic (exact) mass is 538 g/mol. The molecule has 1 aromatic heterocycles. The molecule has 0 amide bonds. The van der Waals surface area contributed by atoms with Crippen LogP contribution >= 0.6 is 11.3 Å². The molecule has 6 nitrogen and oxygen atoms in total. The Labute approximate surface area is 207 Å². The Morgan fingerprint density at radius 1 is 0.865 bits per heavy atom. The molecule has 0 spiro atoms. The molecule has 0 saturated carbocycles. The summed E-state index contributed by atoms with van der Waals surface area (Å²) in [7, 11) is 0. The summed E-state index contributed by atoms with van der Waals surface area (Å²) in [6.07, 6.45) is -10.1. The van der Waals surface area contributed by atoms with Crippen LogP contribution in [0.25, 0.3) is 33.0 Å². The lowest BCUT2D eigenvalue weighted by Gasteiger charge is -2.13. The van der Waals surface area contributed by atoms with Crippen molar-refractivity contribution in [1.29, 1.82) is 0 Å². The van der Waals surface area contributed by atoms with Crippen LogP contribution in [-0.4, -0.2) is 21.0 Å². The third-order valence-corrected chi connectivity index (χ3v) is 6.17. The molecule has 0 atom stereocenters. The standard InChI is InChI=1S/C24H12F6N2O4S/c25-23(26,27)14-7-13(8-15(10-14)24(28,29)30)19-11-37-21(31-19)12-5-6-16(18(9-12)22(33)34)17-3-1-2-4-20(17)32(35)36/h1-11H,(H,33,34). The van der Waals surface area contributed by atoms with Gasteiger partial charge < -0.3 is 5.11 Å². The van der Waals surface area contributed by atoms with Gasteiger partial charge in [0, 0.05) is 28.1 Å². The average molecular weight is 538 g/mol. The largest absolute Gasteiger partial charge is 0.478 e. The van der Waals surface area contributed by atoms with Crippen LogP contribution in [0.3, 0.4) is 0 Å². The maximum atomic E-state index is 13.2. The van der Waals surface area contributed by atoms with Gasteiger partial charge in [0.05, 0.1) is 32.9 Å². The predicted octanol–water partition coefficient (Wildman–Crippen LogP) is 7.79. The van der Waals surface area contributed by atoms with Gasteiger partial charge in [0.2, 0.25) is 0 Å². The van der Waals surface area contributed by atoms with Crippen LogP contribution in [0.2, 0.25) is 0 Å². The highest BCUT2D eigenvalue weighted by atomic mass is 32.1. The van der Waals surface area contributed by atoms with Gasteiger partial charge in [0.15, 0.2) is 0 Å². The lowest BCUT2D eigenvalue weighted by Crippen LogP contribution is -2.11. The van der Waals surface area contributed by atoms with Crippen LogP contribution in [0.1, 0.15) is 21.5 Å². The normalized spacial score (nSPS) is 11.9. The summed E-state index contributed by atoms with van der Waals surface area (Å²) in [5, 5.41) is 22.5. The summed E-state index contributed by atoms with van der Waals surface area (Å²) < 4.78 is 79.3. The minimum Gasteiger partial charge on any atom is -0.478 e. The van der Waals surface area contributed by atoms with Crippen molar-refractivity contribution in [3.63, 3.8) is 0 Å². The number of rotatable bonds is 5. The second-order valence-electron chi connectivity index (χ2n) is 7.67. The van der Waals surface area contributed by atoms with E-state index in [0.29, 0.717) is 12.1 Å². The Balaban J connectivity index is 1.80. The van der Waals surface area contributed by atoms with Gasteiger partial charge in [-0.2, -0.15) is 26.3 Å². The molecule has 3 aromatic carbocycles. The SMILES string of the molecule is O=C(O)c1cc(-c2nc(-c3cc(C(F)(F)F)cc(C(F)(F)F)c3)cs2)ccc1-c1ccccc1[N+](=O)[O-]. The van der Waals surface area contributed by atoms with E-state index < -0.39 is 39.9 Å². The highest BCUT2D eigenvalue weighted by Crippen LogP contribution is 2.40. The van der Waals surface area contributed by atoms with E-state index in [1.807, 2.05) is 0 Å². The lowest BCUT2D eigenvalue weighted by atomic mass is 9.96. The van der Waals surface area contributed by atoms with Crippen LogP contribution in [0.5, 0.6) is 0 Å². The molecule has 0 aliphatic rings. The number of thiazole rings is 1. The molecule has 0 unspecified atom stereocenters. The number of alkyl halides is 6. The van der Waals surface area contributed by atoms with Crippen LogP contribution in [0, 0.1) is 10.1 Å². The van der Waals surface area contributed by atoms with E-state index >= 15 is 0 Å². The summed E-state index contributed by atoms with van der Waals surface area (Å²) >= 11 is 0.880. The maximum Gasteiger partial charge on any atom is 0.416 e. The van der Waals surface area contributed by atoms with Gasteiger partial charge in [-0.1, -0.05) is 24.3 Å². The smallest absolute Gasteiger partial charge is 0.416 e. The minimum absolute atomic E-state index is 0.0113. The number of nitro groups is 1. The van der Waals surface area contributed by atoms with Crippen LogP contribution < -0.4 is 0 Å². The number of carboxylic acid groups (broad SMARTS) is 1. The quantitative estimate of drug-likeness (QED) is 0.159. The molecule has 190 valence electrons. The second-order valence-corrected chi connectivity index (χ2v) is 8.53. The van der Waals surface area contributed by atoms with E-state index in [0.717, 1.165) is 11.3 Å². The Bertz CT molecular complexity index is 1500. The number of para-hydroxylation sites is 1. The first kappa shape index (κ1) is 25.8. The molecule has 0 aliphatic carbocycles. The third-order valence-electron chi connectivity index (χ3n) is 5.28. The Morgan fingerprint density at radius 2 is 1.49 bits per heavy atom. The fourth-order valence-corrected chi connectivity index (χ4v) is 4.42. The average Bonchev–Trinajstić information content (AvgIpc) is 3.32. The van der Waals surface area contributed by atoms with E-state index in [-0.39, 0.29) is 44.7 Å². The van der Waals surface area contributed by atoms with E-state index in [1.54, 1.807) is 0 Å². The Hall–Kier alpha value is -4.26.